The van der Waals surface area contributed by atoms with E-state index in [1.165, 1.54) is 18.3 Å². The Hall–Kier alpha value is -1.37. The van der Waals surface area contributed by atoms with Crippen LogP contribution in [-0.2, 0) is 10.0 Å². The number of hydrogen-bond donors (Lipinski definition) is 1. The average molecular weight is 318 g/mol. The van der Waals surface area contributed by atoms with Gasteiger partial charge in [0.15, 0.2) is 0 Å². The summed E-state index contributed by atoms with van der Waals surface area (Å²) in [4.78, 5) is 7.48. The Bertz CT molecular complexity index is 720. The summed E-state index contributed by atoms with van der Waals surface area (Å²) < 4.78 is 26.5. The van der Waals surface area contributed by atoms with Crippen molar-refractivity contribution in [3.63, 3.8) is 0 Å². The van der Waals surface area contributed by atoms with Crippen molar-refractivity contribution in [3.05, 3.63) is 46.2 Å². The lowest BCUT2D eigenvalue weighted by atomic mass is 10.2. The number of aromatic nitrogens is 2. The van der Waals surface area contributed by atoms with E-state index in [4.69, 9.17) is 23.2 Å². The molecule has 2 aromatic rings. The summed E-state index contributed by atoms with van der Waals surface area (Å²) in [5.74, 6) is -0.107. The second-order valence-electron chi connectivity index (χ2n) is 3.74. The number of rotatable bonds is 3. The molecule has 1 aromatic heterocycles. The lowest BCUT2D eigenvalue weighted by Gasteiger charge is -2.08. The van der Waals surface area contributed by atoms with Crippen LogP contribution in [0.4, 0.5) is 5.95 Å². The molecule has 0 amide bonds. The van der Waals surface area contributed by atoms with Crippen LogP contribution in [0.2, 0.25) is 10.2 Å². The first-order chi connectivity index (χ1) is 8.88. The Balaban J connectivity index is 2.38. The van der Waals surface area contributed by atoms with Crippen LogP contribution in [0.25, 0.3) is 0 Å². The number of halogens is 2. The minimum Gasteiger partial charge on any atom is -0.247 e. The molecular formula is C11H9Cl2N3O2S. The van der Waals surface area contributed by atoms with Gasteiger partial charge in [-0.15, -0.1) is 0 Å². The first kappa shape index (κ1) is 14.0. The van der Waals surface area contributed by atoms with Gasteiger partial charge in [-0.1, -0.05) is 29.3 Å². The van der Waals surface area contributed by atoms with Gasteiger partial charge >= 0.3 is 0 Å². The zero-order valence-electron chi connectivity index (χ0n) is 9.76. The van der Waals surface area contributed by atoms with Gasteiger partial charge in [0.2, 0.25) is 5.95 Å². The minimum absolute atomic E-state index is 0.0386. The predicted octanol–water partition coefficient (Wildman–Crippen LogP) is 2.89. The molecule has 0 spiro atoms. The number of benzene rings is 1. The van der Waals surface area contributed by atoms with Crippen LogP contribution < -0.4 is 4.72 Å². The highest BCUT2D eigenvalue weighted by molar-refractivity contribution is 7.92. The van der Waals surface area contributed by atoms with E-state index in [2.05, 4.69) is 14.7 Å². The number of anilines is 1. The Kier molecular flexibility index (Phi) is 3.93. The molecule has 0 bridgehead atoms. The highest BCUT2D eigenvalue weighted by atomic mass is 35.5. The number of nitrogens with zero attached hydrogens (tertiary/aromatic N) is 2. The zero-order chi connectivity index (χ0) is 14.0. The first-order valence-corrected chi connectivity index (χ1v) is 7.40. The van der Waals surface area contributed by atoms with Crippen molar-refractivity contribution in [2.75, 3.05) is 4.72 Å². The molecule has 1 heterocycles. The predicted molar refractivity (Wildman–Crippen MR) is 74.0 cm³/mol. The van der Waals surface area contributed by atoms with Gasteiger partial charge in [0.05, 0.1) is 5.02 Å². The Morgan fingerprint density at radius 1 is 1.21 bits per heavy atom. The normalized spacial score (nSPS) is 11.3. The highest BCUT2D eigenvalue weighted by Crippen LogP contribution is 2.24. The molecule has 0 aliphatic rings. The van der Waals surface area contributed by atoms with Gasteiger partial charge < -0.3 is 0 Å². The van der Waals surface area contributed by atoms with E-state index in [-0.39, 0.29) is 21.0 Å². The minimum atomic E-state index is -3.84. The largest absolute Gasteiger partial charge is 0.265 e. The van der Waals surface area contributed by atoms with Gasteiger partial charge in [-0.3, -0.25) is 0 Å². The van der Waals surface area contributed by atoms with Crippen LogP contribution in [0, 0.1) is 6.92 Å². The molecule has 1 N–H and O–H groups in total. The van der Waals surface area contributed by atoms with Crippen molar-refractivity contribution in [3.8, 4) is 0 Å². The maximum absolute atomic E-state index is 12.1. The van der Waals surface area contributed by atoms with E-state index in [9.17, 15) is 8.42 Å². The SMILES string of the molecule is Cc1ccc(S(=O)(=O)Nc2nccc(Cl)n2)c(Cl)c1. The molecule has 1 aromatic carbocycles. The molecule has 0 saturated heterocycles. The maximum atomic E-state index is 12.1. The summed E-state index contributed by atoms with van der Waals surface area (Å²) in [5.41, 5.74) is 0.864. The van der Waals surface area contributed by atoms with Crippen LogP contribution in [-0.4, -0.2) is 18.4 Å². The number of hydrogen-bond acceptors (Lipinski definition) is 4. The molecule has 0 radical (unpaired) electrons. The Labute approximate surface area is 120 Å². The van der Waals surface area contributed by atoms with Crippen molar-refractivity contribution in [1.82, 2.24) is 9.97 Å². The standard InChI is InChI=1S/C11H9Cl2N3O2S/c1-7-2-3-9(8(12)6-7)19(17,18)16-11-14-5-4-10(13)15-11/h2-6H,1H3,(H,14,15,16). The molecule has 19 heavy (non-hydrogen) atoms. The average Bonchev–Trinajstić information content (AvgIpc) is 2.27. The van der Waals surface area contributed by atoms with Crippen LogP contribution in [0.1, 0.15) is 5.56 Å². The van der Waals surface area contributed by atoms with Crippen LogP contribution in [0.15, 0.2) is 35.4 Å². The molecule has 0 atom stereocenters. The van der Waals surface area contributed by atoms with E-state index in [1.54, 1.807) is 12.1 Å². The summed E-state index contributed by atoms with van der Waals surface area (Å²) in [5, 5.41) is 0.275. The third kappa shape index (κ3) is 3.34. The van der Waals surface area contributed by atoms with Gasteiger partial charge in [-0.2, -0.15) is 0 Å². The van der Waals surface area contributed by atoms with E-state index < -0.39 is 10.0 Å². The fourth-order valence-corrected chi connectivity index (χ4v) is 3.07. The van der Waals surface area contributed by atoms with Crippen molar-refractivity contribution >= 4 is 39.2 Å². The van der Waals surface area contributed by atoms with Crippen molar-refractivity contribution in [2.45, 2.75) is 11.8 Å². The monoisotopic (exact) mass is 317 g/mol. The summed E-state index contributed by atoms with van der Waals surface area (Å²) in [7, 11) is -3.84. The maximum Gasteiger partial charge on any atom is 0.265 e. The Morgan fingerprint density at radius 2 is 1.95 bits per heavy atom. The van der Waals surface area contributed by atoms with Gasteiger partial charge in [0.1, 0.15) is 10.0 Å². The topological polar surface area (TPSA) is 72.0 Å². The smallest absolute Gasteiger partial charge is 0.247 e. The second-order valence-corrected chi connectivity index (χ2v) is 6.19. The molecular weight excluding hydrogens is 309 g/mol. The third-order valence-corrected chi connectivity index (χ3v) is 4.25. The van der Waals surface area contributed by atoms with Crippen molar-refractivity contribution < 1.29 is 8.42 Å². The van der Waals surface area contributed by atoms with Crippen LogP contribution in [0.3, 0.4) is 0 Å². The van der Waals surface area contributed by atoms with Crippen molar-refractivity contribution in [1.29, 1.82) is 0 Å². The van der Waals surface area contributed by atoms with E-state index in [0.29, 0.717) is 0 Å². The fraction of sp³-hybridized carbons (Fsp3) is 0.0909. The van der Waals surface area contributed by atoms with Gasteiger partial charge in [-0.25, -0.2) is 23.1 Å². The molecule has 0 saturated carbocycles. The molecule has 0 aliphatic carbocycles. The summed E-state index contributed by atoms with van der Waals surface area (Å²) in [6, 6.07) is 6.08. The summed E-state index contributed by atoms with van der Waals surface area (Å²) in [6.07, 6.45) is 1.35. The first-order valence-electron chi connectivity index (χ1n) is 5.16. The summed E-state index contributed by atoms with van der Waals surface area (Å²) >= 11 is 11.6. The van der Waals surface area contributed by atoms with E-state index in [1.807, 2.05) is 6.92 Å². The lowest BCUT2D eigenvalue weighted by Crippen LogP contribution is -2.15. The molecule has 0 fully saturated rings. The summed E-state index contributed by atoms with van der Waals surface area (Å²) in [6.45, 7) is 1.82. The quantitative estimate of drug-likeness (QED) is 0.883. The van der Waals surface area contributed by atoms with Gasteiger partial charge in [0.25, 0.3) is 10.0 Å². The molecule has 8 heteroatoms. The van der Waals surface area contributed by atoms with Gasteiger partial charge in [-0.05, 0) is 30.7 Å². The van der Waals surface area contributed by atoms with E-state index >= 15 is 0 Å². The van der Waals surface area contributed by atoms with Gasteiger partial charge in [0, 0.05) is 6.20 Å². The van der Waals surface area contributed by atoms with E-state index in [0.717, 1.165) is 5.56 Å². The number of nitrogens with one attached hydrogen (secondary N) is 1. The fourth-order valence-electron chi connectivity index (χ4n) is 1.38. The van der Waals surface area contributed by atoms with Crippen LogP contribution in [0.5, 0.6) is 0 Å². The molecule has 0 unspecified atom stereocenters. The van der Waals surface area contributed by atoms with Crippen LogP contribution >= 0.6 is 23.2 Å². The molecule has 5 nitrogen and oxygen atoms in total. The molecule has 2 rings (SSSR count). The highest BCUT2D eigenvalue weighted by Gasteiger charge is 2.19. The van der Waals surface area contributed by atoms with Crippen molar-refractivity contribution in [2.24, 2.45) is 0 Å². The number of aryl methyl sites for hydroxylation is 1. The third-order valence-electron chi connectivity index (χ3n) is 2.22. The Morgan fingerprint density at radius 3 is 2.58 bits per heavy atom. The molecule has 100 valence electrons. The molecule has 0 aliphatic heterocycles. The lowest BCUT2D eigenvalue weighted by molar-refractivity contribution is 0.601. The second kappa shape index (κ2) is 5.32. The zero-order valence-corrected chi connectivity index (χ0v) is 12.1. The number of sulfonamides is 1.